The summed E-state index contributed by atoms with van der Waals surface area (Å²) >= 11 is 5.87. The molecule has 0 bridgehead atoms. The molecule has 0 aliphatic carbocycles. The normalized spacial score (nSPS) is 10.6. The van der Waals surface area contributed by atoms with Gasteiger partial charge in [0.25, 0.3) is 0 Å². The molecule has 0 saturated heterocycles. The minimum Gasteiger partial charge on any atom is -0.243 e. The predicted molar refractivity (Wildman–Crippen MR) is 80.0 cm³/mol. The average Bonchev–Trinajstić information content (AvgIpc) is 2.46. The quantitative estimate of drug-likeness (QED) is 0.426. The first-order valence-electron chi connectivity index (χ1n) is 5.90. The molecule has 0 aliphatic rings. The van der Waals surface area contributed by atoms with Crippen LogP contribution in [0.5, 0.6) is 0 Å². The second kappa shape index (κ2) is 6.71. The molecule has 4 heteroatoms. The van der Waals surface area contributed by atoms with E-state index in [1.807, 2.05) is 54.6 Å². The first-order valence-corrected chi connectivity index (χ1v) is 6.28. The SMILES string of the molecule is C=CCN(N=Nc1ccccc1)c1ccc(Cl)cc1. The van der Waals surface area contributed by atoms with Gasteiger partial charge in [-0.05, 0) is 36.4 Å². The van der Waals surface area contributed by atoms with Crippen LogP contribution in [0.3, 0.4) is 0 Å². The number of nitrogens with zero attached hydrogens (tertiary/aromatic N) is 3. The molecule has 0 aromatic heterocycles. The van der Waals surface area contributed by atoms with Crippen molar-refractivity contribution in [2.45, 2.75) is 0 Å². The van der Waals surface area contributed by atoms with Crippen molar-refractivity contribution in [1.82, 2.24) is 0 Å². The first-order chi connectivity index (χ1) is 9.29. The molecule has 2 aromatic carbocycles. The van der Waals surface area contributed by atoms with Crippen LogP contribution < -0.4 is 5.01 Å². The summed E-state index contributed by atoms with van der Waals surface area (Å²) < 4.78 is 0. The van der Waals surface area contributed by atoms with Gasteiger partial charge in [0.05, 0.1) is 17.9 Å². The van der Waals surface area contributed by atoms with Crippen molar-refractivity contribution in [2.24, 2.45) is 10.3 Å². The van der Waals surface area contributed by atoms with Crippen molar-refractivity contribution < 1.29 is 0 Å². The van der Waals surface area contributed by atoms with Crippen LogP contribution in [0.2, 0.25) is 5.02 Å². The molecule has 0 N–H and O–H groups in total. The number of benzene rings is 2. The molecule has 0 radical (unpaired) electrons. The highest BCUT2D eigenvalue weighted by Gasteiger charge is 2.02. The summed E-state index contributed by atoms with van der Waals surface area (Å²) in [5.41, 5.74) is 1.73. The van der Waals surface area contributed by atoms with Crippen molar-refractivity contribution in [3.05, 3.63) is 72.3 Å². The minimum atomic E-state index is 0.581. The number of rotatable bonds is 5. The molecule has 0 heterocycles. The molecule has 0 aliphatic heterocycles. The zero-order chi connectivity index (χ0) is 13.5. The lowest BCUT2D eigenvalue weighted by Gasteiger charge is -2.15. The summed E-state index contributed by atoms with van der Waals surface area (Å²) in [7, 11) is 0. The van der Waals surface area contributed by atoms with Gasteiger partial charge in [-0.3, -0.25) is 0 Å². The molecule has 0 fully saturated rings. The van der Waals surface area contributed by atoms with Crippen LogP contribution in [-0.2, 0) is 0 Å². The third kappa shape index (κ3) is 3.93. The Kier molecular flexibility index (Phi) is 4.70. The maximum atomic E-state index is 5.87. The summed E-state index contributed by atoms with van der Waals surface area (Å²) in [5.74, 6) is 0. The van der Waals surface area contributed by atoms with Gasteiger partial charge >= 0.3 is 0 Å². The largest absolute Gasteiger partial charge is 0.243 e. The van der Waals surface area contributed by atoms with E-state index < -0.39 is 0 Å². The molecule has 0 atom stereocenters. The van der Waals surface area contributed by atoms with Crippen LogP contribution >= 0.6 is 11.6 Å². The molecule has 0 saturated carbocycles. The van der Waals surface area contributed by atoms with Gasteiger partial charge in [-0.15, -0.1) is 11.7 Å². The molecule has 0 amide bonds. The maximum Gasteiger partial charge on any atom is 0.0874 e. The standard InChI is InChI=1S/C15H14ClN3/c1-2-12-19(15-10-8-13(16)9-11-15)18-17-14-6-4-3-5-7-14/h2-11H,1,12H2. The van der Waals surface area contributed by atoms with Crippen molar-refractivity contribution in [2.75, 3.05) is 11.6 Å². The van der Waals surface area contributed by atoms with Crippen LogP contribution in [0.1, 0.15) is 0 Å². The summed E-state index contributed by atoms with van der Waals surface area (Å²) in [6.07, 6.45) is 1.78. The first kappa shape index (κ1) is 13.3. The number of anilines is 1. The zero-order valence-corrected chi connectivity index (χ0v) is 11.2. The highest BCUT2D eigenvalue weighted by molar-refractivity contribution is 6.30. The van der Waals surface area contributed by atoms with E-state index in [9.17, 15) is 0 Å². The van der Waals surface area contributed by atoms with Crippen molar-refractivity contribution in [1.29, 1.82) is 0 Å². The van der Waals surface area contributed by atoms with E-state index in [2.05, 4.69) is 16.9 Å². The Bertz CT molecular complexity index is 549. The van der Waals surface area contributed by atoms with Gasteiger partial charge < -0.3 is 0 Å². The fraction of sp³-hybridized carbons (Fsp3) is 0.0667. The Hall–Kier alpha value is -2.13. The van der Waals surface area contributed by atoms with Crippen LogP contribution in [0.25, 0.3) is 0 Å². The topological polar surface area (TPSA) is 28.0 Å². The second-order valence-electron chi connectivity index (χ2n) is 3.87. The molecule has 2 rings (SSSR count). The number of hydrogen-bond acceptors (Lipinski definition) is 2. The maximum absolute atomic E-state index is 5.87. The summed E-state index contributed by atoms with van der Waals surface area (Å²) in [6.45, 7) is 4.31. The van der Waals surface area contributed by atoms with E-state index in [0.29, 0.717) is 11.6 Å². The van der Waals surface area contributed by atoms with E-state index in [1.165, 1.54) is 0 Å². The lowest BCUT2D eigenvalue weighted by molar-refractivity contribution is 0.870. The summed E-state index contributed by atoms with van der Waals surface area (Å²) in [4.78, 5) is 0. The molecule has 0 unspecified atom stereocenters. The Labute approximate surface area is 117 Å². The fourth-order valence-electron chi connectivity index (χ4n) is 1.53. The van der Waals surface area contributed by atoms with Gasteiger partial charge in [0, 0.05) is 5.02 Å². The van der Waals surface area contributed by atoms with Crippen LogP contribution in [0, 0.1) is 0 Å². The number of halogens is 1. The van der Waals surface area contributed by atoms with E-state index in [4.69, 9.17) is 11.6 Å². The van der Waals surface area contributed by atoms with Gasteiger partial charge in [-0.2, -0.15) is 0 Å². The van der Waals surface area contributed by atoms with Crippen LogP contribution in [0.15, 0.2) is 77.6 Å². The third-order valence-corrected chi connectivity index (χ3v) is 2.70. The van der Waals surface area contributed by atoms with Crippen molar-refractivity contribution in [3.8, 4) is 0 Å². The Balaban J connectivity index is 2.18. The summed E-state index contributed by atoms with van der Waals surface area (Å²) in [6, 6.07) is 17.0. The van der Waals surface area contributed by atoms with Crippen molar-refractivity contribution in [3.63, 3.8) is 0 Å². The highest BCUT2D eigenvalue weighted by atomic mass is 35.5. The predicted octanol–water partition coefficient (Wildman–Crippen LogP) is 5.03. The zero-order valence-electron chi connectivity index (χ0n) is 10.4. The van der Waals surface area contributed by atoms with E-state index in [0.717, 1.165) is 11.4 Å². The van der Waals surface area contributed by atoms with Gasteiger partial charge in [0.2, 0.25) is 0 Å². The molecule has 19 heavy (non-hydrogen) atoms. The smallest absolute Gasteiger partial charge is 0.0874 e. The monoisotopic (exact) mass is 271 g/mol. The Morgan fingerprint density at radius 2 is 1.74 bits per heavy atom. The molecular weight excluding hydrogens is 258 g/mol. The molecule has 2 aromatic rings. The molecular formula is C15H14ClN3. The molecule has 96 valence electrons. The third-order valence-electron chi connectivity index (χ3n) is 2.45. The van der Waals surface area contributed by atoms with Gasteiger partial charge in [0.1, 0.15) is 0 Å². The van der Waals surface area contributed by atoms with Gasteiger partial charge in [-0.1, -0.05) is 41.1 Å². The lowest BCUT2D eigenvalue weighted by atomic mass is 10.3. The summed E-state index contributed by atoms with van der Waals surface area (Å²) in [5, 5.41) is 10.9. The van der Waals surface area contributed by atoms with E-state index >= 15 is 0 Å². The van der Waals surface area contributed by atoms with E-state index in [-0.39, 0.29) is 0 Å². The van der Waals surface area contributed by atoms with Gasteiger partial charge in [0.15, 0.2) is 0 Å². The minimum absolute atomic E-state index is 0.581. The molecule has 3 nitrogen and oxygen atoms in total. The highest BCUT2D eigenvalue weighted by Crippen LogP contribution is 2.20. The van der Waals surface area contributed by atoms with Gasteiger partial charge in [-0.25, -0.2) is 5.01 Å². The Morgan fingerprint density at radius 1 is 1.05 bits per heavy atom. The van der Waals surface area contributed by atoms with Crippen molar-refractivity contribution >= 4 is 23.0 Å². The van der Waals surface area contributed by atoms with E-state index in [1.54, 1.807) is 11.1 Å². The average molecular weight is 272 g/mol. The second-order valence-corrected chi connectivity index (χ2v) is 4.31. The Morgan fingerprint density at radius 3 is 2.37 bits per heavy atom. The van der Waals surface area contributed by atoms with Crippen LogP contribution in [0.4, 0.5) is 11.4 Å². The molecule has 0 spiro atoms. The lowest BCUT2D eigenvalue weighted by Crippen LogP contribution is -2.14. The number of hydrogen-bond donors (Lipinski definition) is 0. The fourth-order valence-corrected chi connectivity index (χ4v) is 1.66. The van der Waals surface area contributed by atoms with Crippen LogP contribution in [-0.4, -0.2) is 6.54 Å².